The summed E-state index contributed by atoms with van der Waals surface area (Å²) in [6, 6.07) is 8.99. The highest BCUT2D eigenvalue weighted by atomic mass is 35.5. The summed E-state index contributed by atoms with van der Waals surface area (Å²) in [5.74, 6) is 0.546. The Morgan fingerprint density at radius 2 is 1.82 bits per heavy atom. The summed E-state index contributed by atoms with van der Waals surface area (Å²) in [6.07, 6.45) is 0.789. The van der Waals surface area contributed by atoms with Gasteiger partial charge in [-0.1, -0.05) is 17.7 Å². The smallest absolute Gasteiger partial charge is 0.251 e. The Hall–Kier alpha value is -2.73. The molecule has 0 aromatic heterocycles. The largest absolute Gasteiger partial charge is 0.489 e. The van der Waals surface area contributed by atoms with Crippen LogP contribution in [0.15, 0.2) is 30.3 Å². The first kappa shape index (κ1) is 20.0. The number of benzene rings is 2. The van der Waals surface area contributed by atoms with Gasteiger partial charge in [-0.25, -0.2) is 0 Å². The van der Waals surface area contributed by atoms with Gasteiger partial charge < -0.3 is 20.1 Å². The molecular weight excluding hydrogens is 380 g/mol. The number of carbonyl (C=O) groups is 2. The minimum Gasteiger partial charge on any atom is -0.489 e. The lowest BCUT2D eigenvalue weighted by atomic mass is 10.1. The third-order valence-electron chi connectivity index (χ3n) is 4.53. The molecule has 0 atom stereocenters. The van der Waals surface area contributed by atoms with Crippen molar-refractivity contribution < 1.29 is 19.1 Å². The van der Waals surface area contributed by atoms with Gasteiger partial charge in [-0.2, -0.15) is 0 Å². The lowest BCUT2D eigenvalue weighted by Crippen LogP contribution is -2.36. The second-order valence-corrected chi connectivity index (χ2v) is 7.12. The molecule has 148 valence electrons. The molecule has 2 aromatic rings. The fourth-order valence-electron chi connectivity index (χ4n) is 2.79. The van der Waals surface area contributed by atoms with E-state index in [1.807, 2.05) is 26.0 Å². The molecule has 2 amide bonds. The van der Waals surface area contributed by atoms with Crippen LogP contribution in [0.3, 0.4) is 0 Å². The number of hydrogen-bond acceptors (Lipinski definition) is 4. The van der Waals surface area contributed by atoms with Crippen LogP contribution in [0.1, 0.15) is 33.5 Å². The molecule has 7 heteroatoms. The van der Waals surface area contributed by atoms with E-state index < -0.39 is 0 Å². The monoisotopic (exact) mass is 402 g/mol. The number of nitrogens with one attached hydrogen (secondary N) is 2. The summed E-state index contributed by atoms with van der Waals surface area (Å²) < 4.78 is 11.2. The summed E-state index contributed by atoms with van der Waals surface area (Å²) in [4.78, 5) is 24.3. The van der Waals surface area contributed by atoms with E-state index in [0.29, 0.717) is 35.3 Å². The number of hydrogen-bond donors (Lipinski definition) is 2. The number of halogens is 1. The third-order valence-corrected chi connectivity index (χ3v) is 4.81. The van der Waals surface area contributed by atoms with Crippen molar-refractivity contribution in [2.75, 3.05) is 19.8 Å². The first-order chi connectivity index (χ1) is 13.4. The molecule has 0 radical (unpaired) electrons. The molecule has 28 heavy (non-hydrogen) atoms. The van der Waals surface area contributed by atoms with Crippen molar-refractivity contribution in [3.05, 3.63) is 57.6 Å². The van der Waals surface area contributed by atoms with Gasteiger partial charge in [-0.05, 0) is 54.8 Å². The predicted molar refractivity (Wildman–Crippen MR) is 107 cm³/mol. The van der Waals surface area contributed by atoms with Gasteiger partial charge in [-0.15, -0.1) is 0 Å². The van der Waals surface area contributed by atoms with Crippen molar-refractivity contribution in [1.29, 1.82) is 0 Å². The summed E-state index contributed by atoms with van der Waals surface area (Å²) >= 11 is 6.25. The molecule has 0 saturated carbocycles. The number of rotatable bonds is 5. The molecule has 0 spiro atoms. The van der Waals surface area contributed by atoms with Crippen molar-refractivity contribution in [2.45, 2.75) is 26.8 Å². The molecule has 2 N–H and O–H groups in total. The highest BCUT2D eigenvalue weighted by Crippen LogP contribution is 2.37. The first-order valence-electron chi connectivity index (χ1n) is 9.14. The molecule has 0 saturated heterocycles. The van der Waals surface area contributed by atoms with Crippen LogP contribution in [0.2, 0.25) is 5.02 Å². The minimum atomic E-state index is -0.291. The van der Waals surface area contributed by atoms with E-state index in [1.165, 1.54) is 0 Å². The van der Waals surface area contributed by atoms with Crippen LogP contribution in [0.5, 0.6) is 11.5 Å². The van der Waals surface area contributed by atoms with Crippen LogP contribution >= 0.6 is 11.6 Å². The van der Waals surface area contributed by atoms with Crippen molar-refractivity contribution in [3.8, 4) is 11.5 Å². The number of carbonyl (C=O) groups excluding carboxylic acids is 2. The molecule has 2 aromatic carbocycles. The lowest BCUT2D eigenvalue weighted by molar-refractivity contribution is -0.120. The van der Waals surface area contributed by atoms with Crippen molar-refractivity contribution in [1.82, 2.24) is 10.6 Å². The Morgan fingerprint density at radius 1 is 1.04 bits per heavy atom. The number of aryl methyl sites for hydroxylation is 2. The Labute approximate surface area is 169 Å². The van der Waals surface area contributed by atoms with E-state index in [4.69, 9.17) is 21.1 Å². The van der Waals surface area contributed by atoms with Gasteiger partial charge >= 0.3 is 0 Å². The van der Waals surface area contributed by atoms with Crippen LogP contribution in [-0.4, -0.2) is 31.6 Å². The van der Waals surface area contributed by atoms with E-state index in [0.717, 1.165) is 23.1 Å². The molecule has 3 rings (SSSR count). The third kappa shape index (κ3) is 4.95. The van der Waals surface area contributed by atoms with Crippen LogP contribution in [0, 0.1) is 13.8 Å². The molecule has 0 aliphatic carbocycles. The fourth-order valence-corrected chi connectivity index (χ4v) is 3.08. The first-order valence-corrected chi connectivity index (χ1v) is 9.52. The zero-order valence-corrected chi connectivity index (χ0v) is 16.7. The Bertz CT molecular complexity index is 898. The topological polar surface area (TPSA) is 76.7 Å². The van der Waals surface area contributed by atoms with Crippen LogP contribution < -0.4 is 20.1 Å². The second kappa shape index (κ2) is 8.97. The molecule has 1 aliphatic heterocycles. The quantitative estimate of drug-likeness (QED) is 0.805. The van der Waals surface area contributed by atoms with Gasteiger partial charge in [0.15, 0.2) is 11.5 Å². The fraction of sp³-hybridized carbons (Fsp3) is 0.333. The van der Waals surface area contributed by atoms with Gasteiger partial charge in [-0.3, -0.25) is 9.59 Å². The predicted octanol–water partition coefficient (Wildman–Crippen LogP) is 3.16. The zero-order valence-electron chi connectivity index (χ0n) is 15.9. The maximum Gasteiger partial charge on any atom is 0.251 e. The molecule has 0 fully saturated rings. The van der Waals surface area contributed by atoms with E-state index >= 15 is 0 Å². The summed E-state index contributed by atoms with van der Waals surface area (Å²) in [5.41, 5.74) is 3.47. The average Bonchev–Trinajstić information content (AvgIpc) is 2.92. The highest BCUT2D eigenvalue weighted by molar-refractivity contribution is 6.32. The molecule has 1 aliphatic rings. The summed E-state index contributed by atoms with van der Waals surface area (Å²) in [7, 11) is 0. The van der Waals surface area contributed by atoms with E-state index in [-0.39, 0.29) is 24.9 Å². The van der Waals surface area contributed by atoms with Gasteiger partial charge in [0.1, 0.15) is 0 Å². The average molecular weight is 403 g/mol. The number of amides is 2. The number of fused-ring (bicyclic) bond motifs is 1. The molecule has 0 bridgehead atoms. The van der Waals surface area contributed by atoms with Crippen molar-refractivity contribution in [3.63, 3.8) is 0 Å². The summed E-state index contributed by atoms with van der Waals surface area (Å²) in [6.45, 7) is 5.21. The number of ether oxygens (including phenoxy) is 2. The molecule has 6 nitrogen and oxygen atoms in total. The van der Waals surface area contributed by atoms with E-state index in [9.17, 15) is 9.59 Å². The Morgan fingerprint density at radius 3 is 2.61 bits per heavy atom. The van der Waals surface area contributed by atoms with Gasteiger partial charge in [0.2, 0.25) is 5.91 Å². The van der Waals surface area contributed by atoms with Gasteiger partial charge in [0.05, 0.1) is 24.8 Å². The second-order valence-electron chi connectivity index (χ2n) is 6.71. The summed E-state index contributed by atoms with van der Waals surface area (Å²) in [5, 5.41) is 5.85. The Kier molecular flexibility index (Phi) is 6.41. The maximum absolute atomic E-state index is 12.2. The normalized spacial score (nSPS) is 12.8. The SMILES string of the molecule is Cc1ccc(C(=O)NCC(=O)NCc2cc(Cl)c3c(c2)OCCCO3)cc1C. The standard InChI is InChI=1S/C21H23ClN2O4/c1-13-4-5-16(8-14(13)2)21(26)24-12-19(25)23-11-15-9-17(22)20-18(10-15)27-6-3-7-28-20/h4-5,8-10H,3,6-7,11-12H2,1-2H3,(H,23,25)(H,24,26). The maximum atomic E-state index is 12.2. The highest BCUT2D eigenvalue weighted by Gasteiger charge is 2.16. The Balaban J connectivity index is 1.53. The van der Waals surface area contributed by atoms with Gasteiger partial charge in [0, 0.05) is 18.5 Å². The lowest BCUT2D eigenvalue weighted by Gasteiger charge is -2.12. The van der Waals surface area contributed by atoms with Crippen LogP contribution in [-0.2, 0) is 11.3 Å². The van der Waals surface area contributed by atoms with Gasteiger partial charge in [0.25, 0.3) is 5.91 Å². The van der Waals surface area contributed by atoms with Crippen molar-refractivity contribution >= 4 is 23.4 Å². The molecule has 0 unspecified atom stereocenters. The van der Waals surface area contributed by atoms with Crippen molar-refractivity contribution in [2.24, 2.45) is 0 Å². The zero-order chi connectivity index (χ0) is 20.1. The molecule has 1 heterocycles. The van der Waals surface area contributed by atoms with E-state index in [1.54, 1.807) is 18.2 Å². The van der Waals surface area contributed by atoms with Crippen LogP contribution in [0.25, 0.3) is 0 Å². The molecular formula is C21H23ClN2O4. The van der Waals surface area contributed by atoms with Crippen LogP contribution in [0.4, 0.5) is 0 Å². The minimum absolute atomic E-state index is 0.107. The van der Waals surface area contributed by atoms with E-state index in [2.05, 4.69) is 10.6 Å².